The summed E-state index contributed by atoms with van der Waals surface area (Å²) in [5.74, 6) is -0.174. The first-order chi connectivity index (χ1) is 8.15. The molecule has 1 N–H and O–H groups in total. The fraction of sp³-hybridized carbons (Fsp3) is 0.571. The molecule has 0 aromatic heterocycles. The highest BCUT2D eigenvalue weighted by molar-refractivity contribution is 5.24. The molecule has 1 fully saturated rings. The fourth-order valence-corrected chi connectivity index (χ4v) is 2.60. The van der Waals surface area contributed by atoms with Gasteiger partial charge in [0.15, 0.2) is 0 Å². The van der Waals surface area contributed by atoms with E-state index in [0.29, 0.717) is 18.2 Å². The monoisotopic (exact) mass is 237 g/mol. The molecule has 0 saturated carbocycles. The first-order valence-electron chi connectivity index (χ1n) is 6.28. The second-order valence-electron chi connectivity index (χ2n) is 4.81. The SMILES string of the molecule is CCNC1CCOC(C)(c2ccccc2F)C1. The zero-order valence-corrected chi connectivity index (χ0v) is 10.5. The molecule has 1 aromatic rings. The van der Waals surface area contributed by atoms with Gasteiger partial charge in [-0.15, -0.1) is 0 Å². The maximum Gasteiger partial charge on any atom is 0.129 e. The van der Waals surface area contributed by atoms with Crippen molar-refractivity contribution in [2.75, 3.05) is 13.2 Å². The van der Waals surface area contributed by atoms with Crippen molar-refractivity contribution in [3.63, 3.8) is 0 Å². The summed E-state index contributed by atoms with van der Waals surface area (Å²) in [7, 11) is 0. The summed E-state index contributed by atoms with van der Waals surface area (Å²) in [6.07, 6.45) is 1.82. The van der Waals surface area contributed by atoms with Crippen LogP contribution in [0.25, 0.3) is 0 Å². The molecule has 2 unspecified atom stereocenters. The molecule has 0 spiro atoms. The third-order valence-corrected chi connectivity index (χ3v) is 3.46. The first kappa shape index (κ1) is 12.5. The van der Waals surface area contributed by atoms with Crippen molar-refractivity contribution in [2.45, 2.75) is 38.3 Å². The average molecular weight is 237 g/mol. The van der Waals surface area contributed by atoms with Crippen molar-refractivity contribution in [3.8, 4) is 0 Å². The zero-order valence-electron chi connectivity index (χ0n) is 10.5. The minimum absolute atomic E-state index is 0.174. The van der Waals surface area contributed by atoms with Crippen molar-refractivity contribution in [2.24, 2.45) is 0 Å². The zero-order chi connectivity index (χ0) is 12.3. The van der Waals surface area contributed by atoms with Crippen LogP contribution in [-0.4, -0.2) is 19.2 Å². The molecule has 0 bridgehead atoms. The number of ether oxygens (including phenoxy) is 1. The van der Waals surface area contributed by atoms with Crippen LogP contribution in [0.4, 0.5) is 4.39 Å². The Labute approximate surface area is 102 Å². The molecule has 1 saturated heterocycles. The summed E-state index contributed by atoms with van der Waals surface area (Å²) in [5.41, 5.74) is 0.166. The van der Waals surface area contributed by atoms with Gasteiger partial charge in [-0.1, -0.05) is 25.1 Å². The van der Waals surface area contributed by atoms with Crippen LogP contribution in [0.15, 0.2) is 24.3 Å². The van der Waals surface area contributed by atoms with Gasteiger partial charge in [0.05, 0.1) is 5.60 Å². The molecule has 2 nitrogen and oxygen atoms in total. The van der Waals surface area contributed by atoms with Crippen LogP contribution < -0.4 is 5.32 Å². The van der Waals surface area contributed by atoms with Crippen molar-refractivity contribution >= 4 is 0 Å². The van der Waals surface area contributed by atoms with Crippen molar-refractivity contribution in [1.29, 1.82) is 0 Å². The summed E-state index contributed by atoms with van der Waals surface area (Å²) < 4.78 is 19.7. The van der Waals surface area contributed by atoms with Crippen LogP contribution in [0.2, 0.25) is 0 Å². The third kappa shape index (κ3) is 2.67. The van der Waals surface area contributed by atoms with Crippen molar-refractivity contribution in [3.05, 3.63) is 35.6 Å². The van der Waals surface area contributed by atoms with Gasteiger partial charge in [0.1, 0.15) is 5.82 Å². The molecule has 0 radical (unpaired) electrons. The fourth-order valence-electron chi connectivity index (χ4n) is 2.60. The summed E-state index contributed by atoms with van der Waals surface area (Å²) in [6.45, 7) is 5.70. The van der Waals surface area contributed by atoms with E-state index in [9.17, 15) is 4.39 Å². The molecule has 1 aliphatic heterocycles. The molecular formula is C14H20FNO. The number of hydrogen-bond donors (Lipinski definition) is 1. The number of halogens is 1. The number of benzene rings is 1. The van der Waals surface area contributed by atoms with Crippen LogP contribution in [0.1, 0.15) is 32.3 Å². The molecule has 1 heterocycles. The van der Waals surface area contributed by atoms with Gasteiger partial charge in [-0.3, -0.25) is 0 Å². The molecule has 3 heteroatoms. The van der Waals surface area contributed by atoms with E-state index in [2.05, 4.69) is 12.2 Å². The standard InChI is InChI=1S/C14H20FNO/c1-3-16-11-8-9-17-14(2,10-11)12-6-4-5-7-13(12)15/h4-7,11,16H,3,8-10H2,1-2H3. The van der Waals surface area contributed by atoms with Crippen molar-refractivity contribution in [1.82, 2.24) is 5.32 Å². The maximum atomic E-state index is 13.8. The lowest BCUT2D eigenvalue weighted by atomic mass is 9.85. The minimum Gasteiger partial charge on any atom is -0.370 e. The Kier molecular flexibility index (Phi) is 3.79. The summed E-state index contributed by atoms with van der Waals surface area (Å²) in [5, 5.41) is 3.43. The molecule has 2 atom stereocenters. The van der Waals surface area contributed by atoms with Gasteiger partial charge in [-0.05, 0) is 32.4 Å². The van der Waals surface area contributed by atoms with E-state index in [4.69, 9.17) is 4.74 Å². The molecule has 1 aromatic carbocycles. The summed E-state index contributed by atoms with van der Waals surface area (Å²) >= 11 is 0. The Hall–Kier alpha value is -0.930. The second-order valence-corrected chi connectivity index (χ2v) is 4.81. The first-order valence-corrected chi connectivity index (χ1v) is 6.28. The molecule has 1 aliphatic rings. The highest BCUT2D eigenvalue weighted by Gasteiger charge is 2.36. The van der Waals surface area contributed by atoms with Gasteiger partial charge in [-0.25, -0.2) is 4.39 Å². The van der Waals surface area contributed by atoms with Gasteiger partial charge >= 0.3 is 0 Å². The van der Waals surface area contributed by atoms with Crippen LogP contribution in [0.5, 0.6) is 0 Å². The summed E-state index contributed by atoms with van der Waals surface area (Å²) in [6, 6.07) is 7.32. The van der Waals surface area contributed by atoms with Gasteiger partial charge in [-0.2, -0.15) is 0 Å². The Bertz CT molecular complexity index is 380. The van der Waals surface area contributed by atoms with E-state index in [-0.39, 0.29) is 5.82 Å². The second kappa shape index (κ2) is 5.15. The average Bonchev–Trinajstić information content (AvgIpc) is 2.30. The maximum absolute atomic E-state index is 13.8. The Morgan fingerprint density at radius 1 is 1.47 bits per heavy atom. The normalized spacial score (nSPS) is 29.2. The molecule has 2 rings (SSSR count). The van der Waals surface area contributed by atoms with Gasteiger partial charge in [0.25, 0.3) is 0 Å². The Morgan fingerprint density at radius 3 is 2.94 bits per heavy atom. The smallest absolute Gasteiger partial charge is 0.129 e. The van der Waals surface area contributed by atoms with Crippen LogP contribution >= 0.6 is 0 Å². The highest BCUT2D eigenvalue weighted by atomic mass is 19.1. The molecule has 0 amide bonds. The van der Waals surface area contributed by atoms with E-state index in [1.54, 1.807) is 6.07 Å². The molecular weight excluding hydrogens is 217 g/mol. The highest BCUT2D eigenvalue weighted by Crippen LogP contribution is 2.35. The molecule has 94 valence electrons. The van der Waals surface area contributed by atoms with Gasteiger partial charge in [0, 0.05) is 18.2 Å². The number of rotatable bonds is 3. The van der Waals surface area contributed by atoms with Gasteiger partial charge < -0.3 is 10.1 Å². The van der Waals surface area contributed by atoms with Crippen LogP contribution in [0.3, 0.4) is 0 Å². The number of hydrogen-bond acceptors (Lipinski definition) is 2. The topological polar surface area (TPSA) is 21.3 Å². The van der Waals surface area contributed by atoms with E-state index in [1.165, 1.54) is 6.07 Å². The molecule has 0 aliphatic carbocycles. The Morgan fingerprint density at radius 2 is 2.24 bits per heavy atom. The van der Waals surface area contributed by atoms with Crippen LogP contribution in [-0.2, 0) is 10.3 Å². The van der Waals surface area contributed by atoms with Crippen molar-refractivity contribution < 1.29 is 9.13 Å². The number of nitrogens with one attached hydrogen (secondary N) is 1. The van der Waals surface area contributed by atoms with E-state index in [1.807, 2.05) is 19.1 Å². The quantitative estimate of drug-likeness (QED) is 0.872. The lowest BCUT2D eigenvalue weighted by Crippen LogP contribution is -2.44. The lowest BCUT2D eigenvalue weighted by Gasteiger charge is -2.39. The minimum atomic E-state index is -0.504. The van der Waals surface area contributed by atoms with Gasteiger partial charge in [0.2, 0.25) is 0 Å². The lowest BCUT2D eigenvalue weighted by molar-refractivity contribution is -0.0829. The van der Waals surface area contributed by atoms with E-state index < -0.39 is 5.60 Å². The van der Waals surface area contributed by atoms with E-state index in [0.717, 1.165) is 19.4 Å². The Balaban J connectivity index is 2.20. The van der Waals surface area contributed by atoms with E-state index >= 15 is 0 Å². The predicted octanol–water partition coefficient (Wildman–Crippen LogP) is 2.83. The largest absolute Gasteiger partial charge is 0.370 e. The predicted molar refractivity (Wildman–Crippen MR) is 66.4 cm³/mol. The van der Waals surface area contributed by atoms with Crippen LogP contribution in [0, 0.1) is 5.82 Å². The summed E-state index contributed by atoms with van der Waals surface area (Å²) in [4.78, 5) is 0. The molecule has 17 heavy (non-hydrogen) atoms. The third-order valence-electron chi connectivity index (χ3n) is 3.46.